The SMILES string of the molecule is O=C(CCN(CC1CCCO1)C(=O)c1ccoc1)NCc1cccnc1. The molecular weight excluding hydrogens is 334 g/mol. The average Bonchev–Trinajstić information content (AvgIpc) is 3.37. The minimum atomic E-state index is -0.144. The van der Waals surface area contributed by atoms with Crippen LogP contribution >= 0.6 is 0 Å². The van der Waals surface area contributed by atoms with Crippen LogP contribution in [0.1, 0.15) is 35.2 Å². The van der Waals surface area contributed by atoms with Crippen LogP contribution in [-0.2, 0) is 16.1 Å². The topological polar surface area (TPSA) is 84.7 Å². The summed E-state index contributed by atoms with van der Waals surface area (Å²) in [6.45, 7) is 1.97. The van der Waals surface area contributed by atoms with Gasteiger partial charge in [-0.1, -0.05) is 6.07 Å². The van der Waals surface area contributed by atoms with Gasteiger partial charge in [-0.2, -0.15) is 0 Å². The first-order chi connectivity index (χ1) is 12.7. The third kappa shape index (κ3) is 5.16. The van der Waals surface area contributed by atoms with Crippen molar-refractivity contribution in [3.8, 4) is 0 Å². The molecule has 26 heavy (non-hydrogen) atoms. The summed E-state index contributed by atoms with van der Waals surface area (Å²) in [4.78, 5) is 30.5. The Morgan fingerprint density at radius 1 is 1.35 bits per heavy atom. The zero-order chi connectivity index (χ0) is 18.2. The van der Waals surface area contributed by atoms with E-state index in [0.717, 1.165) is 25.0 Å². The minimum absolute atomic E-state index is 0.0318. The second-order valence-corrected chi connectivity index (χ2v) is 6.29. The van der Waals surface area contributed by atoms with Crippen molar-refractivity contribution in [1.29, 1.82) is 0 Å². The Kier molecular flexibility index (Phi) is 6.38. The number of nitrogens with zero attached hydrogens (tertiary/aromatic N) is 2. The van der Waals surface area contributed by atoms with Crippen molar-refractivity contribution in [2.24, 2.45) is 0 Å². The number of aromatic nitrogens is 1. The Balaban J connectivity index is 1.52. The summed E-state index contributed by atoms with van der Waals surface area (Å²) in [5, 5.41) is 2.85. The molecular formula is C19H23N3O4. The van der Waals surface area contributed by atoms with Crippen molar-refractivity contribution < 1.29 is 18.7 Å². The lowest BCUT2D eigenvalue weighted by Crippen LogP contribution is -2.39. The molecule has 1 saturated heterocycles. The van der Waals surface area contributed by atoms with Crippen LogP contribution in [0.3, 0.4) is 0 Å². The first kappa shape index (κ1) is 18.1. The molecule has 1 aliphatic rings. The van der Waals surface area contributed by atoms with Crippen LogP contribution in [-0.4, -0.2) is 47.5 Å². The highest BCUT2D eigenvalue weighted by Gasteiger charge is 2.24. The molecule has 7 nitrogen and oxygen atoms in total. The third-order valence-corrected chi connectivity index (χ3v) is 4.32. The van der Waals surface area contributed by atoms with E-state index in [4.69, 9.17) is 9.15 Å². The van der Waals surface area contributed by atoms with Gasteiger partial charge in [-0.05, 0) is 30.5 Å². The van der Waals surface area contributed by atoms with Crippen molar-refractivity contribution in [1.82, 2.24) is 15.2 Å². The van der Waals surface area contributed by atoms with Gasteiger partial charge >= 0.3 is 0 Å². The van der Waals surface area contributed by atoms with Crippen LogP contribution in [0.4, 0.5) is 0 Å². The monoisotopic (exact) mass is 357 g/mol. The molecule has 0 aromatic carbocycles. The van der Waals surface area contributed by atoms with Crippen LogP contribution < -0.4 is 5.32 Å². The molecule has 0 spiro atoms. The maximum Gasteiger partial charge on any atom is 0.257 e. The number of hydrogen-bond acceptors (Lipinski definition) is 5. The molecule has 1 N–H and O–H groups in total. The molecule has 1 aliphatic heterocycles. The molecule has 138 valence electrons. The number of carbonyl (C=O) groups excluding carboxylic acids is 2. The summed E-state index contributed by atoms with van der Waals surface area (Å²) in [6.07, 6.45) is 8.50. The molecule has 2 amide bonds. The quantitative estimate of drug-likeness (QED) is 0.781. The molecule has 3 heterocycles. The van der Waals surface area contributed by atoms with E-state index in [1.807, 2.05) is 12.1 Å². The zero-order valence-electron chi connectivity index (χ0n) is 14.6. The molecule has 1 atom stereocenters. The standard InChI is InChI=1S/C19H23N3O4/c23-18(21-12-15-3-1-7-20-11-15)5-8-22(13-17-4-2-9-26-17)19(24)16-6-10-25-14-16/h1,3,6-7,10-11,14,17H,2,4-5,8-9,12-13H2,(H,21,23). The number of hydrogen-bond donors (Lipinski definition) is 1. The van der Waals surface area contributed by atoms with Crippen LogP contribution in [0, 0.1) is 0 Å². The summed E-state index contributed by atoms with van der Waals surface area (Å²) in [5.41, 5.74) is 1.42. The summed E-state index contributed by atoms with van der Waals surface area (Å²) >= 11 is 0. The van der Waals surface area contributed by atoms with Crippen LogP contribution in [0.5, 0.6) is 0 Å². The van der Waals surface area contributed by atoms with Gasteiger partial charge in [-0.3, -0.25) is 14.6 Å². The Bertz CT molecular complexity index is 697. The van der Waals surface area contributed by atoms with Gasteiger partial charge in [0, 0.05) is 45.1 Å². The van der Waals surface area contributed by atoms with Gasteiger partial charge < -0.3 is 19.4 Å². The summed E-state index contributed by atoms with van der Waals surface area (Å²) in [5.74, 6) is -0.250. The van der Waals surface area contributed by atoms with E-state index in [2.05, 4.69) is 10.3 Å². The summed E-state index contributed by atoms with van der Waals surface area (Å²) in [7, 11) is 0. The van der Waals surface area contributed by atoms with Crippen molar-refractivity contribution >= 4 is 11.8 Å². The number of furan rings is 1. The van der Waals surface area contributed by atoms with Crippen molar-refractivity contribution in [2.45, 2.75) is 31.9 Å². The van der Waals surface area contributed by atoms with Crippen LogP contribution in [0.2, 0.25) is 0 Å². The lowest BCUT2D eigenvalue weighted by Gasteiger charge is -2.25. The Labute approximate surface area is 152 Å². The van der Waals surface area contributed by atoms with Gasteiger partial charge in [0.25, 0.3) is 5.91 Å². The fraction of sp³-hybridized carbons (Fsp3) is 0.421. The number of carbonyl (C=O) groups is 2. The third-order valence-electron chi connectivity index (χ3n) is 4.32. The normalized spacial score (nSPS) is 16.4. The highest BCUT2D eigenvalue weighted by molar-refractivity contribution is 5.94. The molecule has 1 fully saturated rings. The Morgan fingerprint density at radius 2 is 2.27 bits per heavy atom. The van der Waals surface area contributed by atoms with E-state index in [0.29, 0.717) is 25.2 Å². The fourth-order valence-corrected chi connectivity index (χ4v) is 2.91. The number of rotatable bonds is 8. The van der Waals surface area contributed by atoms with Gasteiger partial charge in [0.05, 0.1) is 17.9 Å². The second kappa shape index (κ2) is 9.15. The molecule has 0 saturated carbocycles. The van der Waals surface area contributed by atoms with Gasteiger partial charge in [-0.15, -0.1) is 0 Å². The molecule has 0 radical (unpaired) electrons. The predicted octanol–water partition coefficient (Wildman–Crippen LogP) is 2.00. The van der Waals surface area contributed by atoms with Gasteiger partial charge in [0.2, 0.25) is 5.91 Å². The first-order valence-electron chi connectivity index (χ1n) is 8.81. The van der Waals surface area contributed by atoms with E-state index in [9.17, 15) is 9.59 Å². The lowest BCUT2D eigenvalue weighted by atomic mass is 10.2. The van der Waals surface area contributed by atoms with Crippen LogP contribution in [0.25, 0.3) is 0 Å². The number of nitrogens with one attached hydrogen (secondary N) is 1. The largest absolute Gasteiger partial charge is 0.472 e. The van der Waals surface area contributed by atoms with E-state index in [1.165, 1.54) is 12.5 Å². The fourth-order valence-electron chi connectivity index (χ4n) is 2.91. The number of pyridine rings is 1. The summed E-state index contributed by atoms with van der Waals surface area (Å²) < 4.78 is 10.6. The van der Waals surface area contributed by atoms with Crippen molar-refractivity contribution in [3.63, 3.8) is 0 Å². The van der Waals surface area contributed by atoms with Gasteiger partial charge in [-0.25, -0.2) is 0 Å². The van der Waals surface area contributed by atoms with Crippen molar-refractivity contribution in [3.05, 3.63) is 54.2 Å². The molecule has 3 rings (SSSR count). The van der Waals surface area contributed by atoms with Crippen molar-refractivity contribution in [2.75, 3.05) is 19.7 Å². The maximum absolute atomic E-state index is 12.7. The lowest BCUT2D eigenvalue weighted by molar-refractivity contribution is -0.121. The molecule has 7 heteroatoms. The van der Waals surface area contributed by atoms with E-state index in [1.54, 1.807) is 23.4 Å². The maximum atomic E-state index is 12.7. The van der Waals surface area contributed by atoms with E-state index in [-0.39, 0.29) is 24.3 Å². The Hall–Kier alpha value is -2.67. The highest BCUT2D eigenvalue weighted by atomic mass is 16.5. The van der Waals surface area contributed by atoms with Gasteiger partial charge in [0.1, 0.15) is 6.26 Å². The molecule has 1 unspecified atom stereocenters. The highest BCUT2D eigenvalue weighted by Crippen LogP contribution is 2.15. The predicted molar refractivity (Wildman–Crippen MR) is 94.3 cm³/mol. The summed E-state index contributed by atoms with van der Waals surface area (Å²) in [6, 6.07) is 5.36. The van der Waals surface area contributed by atoms with Gasteiger partial charge in [0.15, 0.2) is 0 Å². The minimum Gasteiger partial charge on any atom is -0.472 e. The molecule has 2 aromatic rings. The van der Waals surface area contributed by atoms with E-state index >= 15 is 0 Å². The zero-order valence-corrected chi connectivity index (χ0v) is 14.6. The Morgan fingerprint density at radius 3 is 2.96 bits per heavy atom. The second-order valence-electron chi connectivity index (χ2n) is 6.29. The first-order valence-corrected chi connectivity index (χ1v) is 8.81. The molecule has 2 aromatic heterocycles. The smallest absolute Gasteiger partial charge is 0.257 e. The van der Waals surface area contributed by atoms with Crippen LogP contribution in [0.15, 0.2) is 47.5 Å². The number of ether oxygens (including phenoxy) is 1. The average molecular weight is 357 g/mol. The number of amides is 2. The molecule has 0 aliphatic carbocycles. The molecule has 0 bridgehead atoms. The van der Waals surface area contributed by atoms with E-state index < -0.39 is 0 Å².